The fourth-order valence-electron chi connectivity index (χ4n) is 1.37. The average molecular weight is 190 g/mol. The Balaban J connectivity index is 2.11. The zero-order valence-corrected chi connectivity index (χ0v) is 7.79. The minimum Gasteiger partial charge on any atom is -0.394 e. The van der Waals surface area contributed by atoms with Gasteiger partial charge in [0.2, 0.25) is 0 Å². The van der Waals surface area contributed by atoms with E-state index < -0.39 is 0 Å². The van der Waals surface area contributed by atoms with Crippen LogP contribution in [0.2, 0.25) is 0 Å². The number of nitrogens with one attached hydrogen (secondary N) is 1. The van der Waals surface area contributed by atoms with Gasteiger partial charge in [0, 0.05) is 17.0 Å². The van der Waals surface area contributed by atoms with Crippen LogP contribution in [0.3, 0.4) is 0 Å². The Morgan fingerprint density at radius 2 is 2.21 bits per heavy atom. The number of H-pyrrole nitrogens is 1. The quantitative estimate of drug-likeness (QED) is 0.717. The molecule has 2 rings (SSSR count). The summed E-state index contributed by atoms with van der Waals surface area (Å²) in [5, 5.41) is 9.60. The number of para-hydroxylation sites is 1. The third-order valence-electron chi connectivity index (χ3n) is 1.98. The van der Waals surface area contributed by atoms with Gasteiger partial charge >= 0.3 is 0 Å². The number of hydrogen-bond donors (Lipinski definition) is 2. The zero-order valence-electron chi connectivity index (χ0n) is 7.79. The van der Waals surface area contributed by atoms with Gasteiger partial charge in [0.1, 0.15) is 0 Å². The topological polar surface area (TPSA) is 45.2 Å². The van der Waals surface area contributed by atoms with Gasteiger partial charge in [-0.15, -0.1) is 0 Å². The number of ether oxygens (including phenoxy) is 1. The molecule has 0 aliphatic carbocycles. The first-order valence-corrected chi connectivity index (χ1v) is 4.57. The number of rotatable bonds is 4. The van der Waals surface area contributed by atoms with Gasteiger partial charge in [-0.05, 0) is 6.07 Å². The molecule has 0 aliphatic heterocycles. The molecule has 0 bridgehead atoms. The minimum absolute atomic E-state index is 0.0558. The van der Waals surface area contributed by atoms with Gasteiger partial charge in [0.15, 0.2) is 0 Å². The Morgan fingerprint density at radius 3 is 3.00 bits per heavy atom. The van der Waals surface area contributed by atoms with Crippen LogP contribution in [-0.4, -0.2) is 23.3 Å². The van der Waals surface area contributed by atoms with Gasteiger partial charge < -0.3 is 14.8 Å². The van der Waals surface area contributed by atoms with Crippen molar-refractivity contribution < 1.29 is 9.84 Å². The molecular weight excluding hydrogens is 178 g/mol. The van der Waals surface area contributed by atoms with E-state index in [9.17, 15) is 0 Å². The molecule has 0 amide bonds. The fourth-order valence-corrected chi connectivity index (χ4v) is 1.37. The highest BCUT2D eigenvalue weighted by Crippen LogP contribution is 2.13. The van der Waals surface area contributed by atoms with Crippen molar-refractivity contribution in [2.24, 2.45) is 0 Å². The van der Waals surface area contributed by atoms with Gasteiger partial charge in [-0.2, -0.15) is 0 Å². The van der Waals surface area contributed by atoms with Crippen LogP contribution >= 0.6 is 0 Å². The highest BCUT2D eigenvalue weighted by Gasteiger charge is 1.99. The van der Waals surface area contributed by atoms with Crippen LogP contribution in [0.25, 0.3) is 10.9 Å². The second-order valence-corrected chi connectivity index (χ2v) is 3.05. The normalized spacial score (nSPS) is 10.9. The molecule has 2 aromatic rings. The Hall–Kier alpha value is -1.32. The fraction of sp³-hybridized carbons (Fsp3) is 0.273. The van der Waals surface area contributed by atoms with E-state index >= 15 is 0 Å². The van der Waals surface area contributed by atoms with E-state index in [0.29, 0.717) is 13.2 Å². The van der Waals surface area contributed by atoms with E-state index in [1.807, 2.05) is 24.3 Å². The monoisotopic (exact) mass is 190 g/mol. The van der Waals surface area contributed by atoms with Gasteiger partial charge in [-0.1, -0.05) is 18.2 Å². The lowest BCUT2D eigenvalue weighted by atomic mass is 10.2. The number of aliphatic hydroxyl groups is 1. The van der Waals surface area contributed by atoms with Crippen molar-refractivity contribution in [1.29, 1.82) is 0 Å². The van der Waals surface area contributed by atoms with Crippen LogP contribution in [-0.2, 0) is 11.3 Å². The van der Waals surface area contributed by atoms with Gasteiger partial charge in [-0.25, -0.2) is 0 Å². The first kappa shape index (κ1) is 9.24. The molecule has 0 unspecified atom stereocenters. The molecule has 3 nitrogen and oxygen atoms in total. The second kappa shape index (κ2) is 4.26. The van der Waals surface area contributed by atoms with Crippen LogP contribution in [0.5, 0.6) is 0 Å². The number of benzene rings is 1. The molecule has 73 valence electrons. The van der Waals surface area contributed by atoms with Gasteiger partial charge in [-0.3, -0.25) is 0 Å². The maximum absolute atomic E-state index is 8.54. The van der Waals surface area contributed by atoms with E-state index in [4.69, 9.17) is 9.84 Å². The Morgan fingerprint density at radius 1 is 1.36 bits per heavy atom. The summed E-state index contributed by atoms with van der Waals surface area (Å²) in [6.07, 6.45) is 0. The molecule has 0 aliphatic rings. The molecule has 2 N–H and O–H groups in total. The summed E-state index contributed by atoms with van der Waals surface area (Å²) in [6, 6.07) is 11.1. The van der Waals surface area contributed by atoms with Gasteiger partial charge in [0.25, 0.3) is 0 Å². The minimum atomic E-state index is 0.0558. The second-order valence-electron chi connectivity index (χ2n) is 3.05. The van der Waals surface area contributed by atoms with Crippen molar-refractivity contribution in [2.45, 2.75) is 6.61 Å². The molecule has 0 fully saturated rings. The molecule has 1 aromatic carbocycles. The molecule has 1 heterocycles. The summed E-state index contributed by atoms with van der Waals surface area (Å²) in [5.41, 5.74) is 1.98. The van der Waals surface area contributed by atoms with Crippen molar-refractivity contribution in [3.8, 4) is 0 Å². The predicted molar refractivity (Wildman–Crippen MR) is 53.9 cm³/mol. The van der Waals surface area contributed by atoms with E-state index in [0.717, 1.165) is 16.6 Å². The first-order chi connectivity index (χ1) is 6.90. The van der Waals surface area contributed by atoms with Gasteiger partial charge in [0.05, 0.1) is 25.5 Å². The molecular formula is C11H12NO2. The van der Waals surface area contributed by atoms with Crippen LogP contribution in [0.4, 0.5) is 0 Å². The molecule has 0 atom stereocenters. The van der Waals surface area contributed by atoms with E-state index in [1.54, 1.807) is 0 Å². The maximum Gasteiger partial charge on any atom is 0.0873 e. The van der Waals surface area contributed by atoms with E-state index in [1.165, 1.54) is 0 Å². The first-order valence-electron chi connectivity index (χ1n) is 4.57. The molecule has 14 heavy (non-hydrogen) atoms. The summed E-state index contributed by atoms with van der Waals surface area (Å²) in [7, 11) is 0. The third kappa shape index (κ3) is 1.95. The van der Waals surface area contributed by atoms with Crippen molar-refractivity contribution >= 4 is 10.9 Å². The van der Waals surface area contributed by atoms with Crippen molar-refractivity contribution in [2.75, 3.05) is 13.2 Å². The largest absolute Gasteiger partial charge is 0.394 e. The Kier molecular flexibility index (Phi) is 2.81. The van der Waals surface area contributed by atoms with Crippen molar-refractivity contribution in [1.82, 2.24) is 4.98 Å². The van der Waals surface area contributed by atoms with Crippen molar-refractivity contribution in [3.05, 3.63) is 36.0 Å². The average Bonchev–Trinajstić information content (AvgIpc) is 2.60. The number of aliphatic hydroxyl groups excluding tert-OH is 1. The summed E-state index contributed by atoms with van der Waals surface area (Å²) in [4.78, 5) is 3.19. The maximum atomic E-state index is 8.54. The number of aromatic amines is 1. The SMILES string of the molecule is OCCOCc1[c]c2ccccc2[nH]1. The molecule has 0 saturated heterocycles. The lowest BCUT2D eigenvalue weighted by Crippen LogP contribution is -1.99. The van der Waals surface area contributed by atoms with Crippen LogP contribution < -0.4 is 0 Å². The molecule has 0 spiro atoms. The summed E-state index contributed by atoms with van der Waals surface area (Å²) in [5.74, 6) is 0. The third-order valence-corrected chi connectivity index (χ3v) is 1.98. The van der Waals surface area contributed by atoms with Crippen LogP contribution in [0.15, 0.2) is 24.3 Å². The zero-order chi connectivity index (χ0) is 9.80. The molecule has 3 heteroatoms. The lowest BCUT2D eigenvalue weighted by Gasteiger charge is -1.97. The van der Waals surface area contributed by atoms with E-state index in [2.05, 4.69) is 11.1 Å². The number of hydrogen-bond acceptors (Lipinski definition) is 2. The summed E-state index contributed by atoms with van der Waals surface area (Å²) in [6.45, 7) is 0.888. The molecule has 0 saturated carbocycles. The summed E-state index contributed by atoms with van der Waals surface area (Å²) >= 11 is 0. The predicted octanol–water partition coefficient (Wildman–Crippen LogP) is 1.48. The van der Waals surface area contributed by atoms with E-state index in [-0.39, 0.29) is 6.61 Å². The van der Waals surface area contributed by atoms with Crippen LogP contribution in [0, 0.1) is 6.07 Å². The van der Waals surface area contributed by atoms with Crippen molar-refractivity contribution in [3.63, 3.8) is 0 Å². The standard InChI is InChI=1S/C11H12NO2/c13-5-6-14-8-10-7-9-3-1-2-4-11(9)12-10/h1-4,12-13H,5-6,8H2. The number of aromatic nitrogens is 1. The Bertz CT molecular complexity index is 375. The smallest absolute Gasteiger partial charge is 0.0873 e. The molecule has 1 aromatic heterocycles. The Labute approximate surface area is 82.3 Å². The lowest BCUT2D eigenvalue weighted by molar-refractivity contribution is 0.0799. The highest BCUT2D eigenvalue weighted by atomic mass is 16.5. The number of fused-ring (bicyclic) bond motifs is 1. The van der Waals surface area contributed by atoms with Crippen LogP contribution in [0.1, 0.15) is 5.69 Å². The highest BCUT2D eigenvalue weighted by molar-refractivity contribution is 5.79. The summed E-state index contributed by atoms with van der Waals surface area (Å²) < 4.78 is 5.19. The molecule has 1 radical (unpaired) electrons.